The van der Waals surface area contributed by atoms with E-state index >= 15 is 0 Å². The fraction of sp³-hybridized carbons (Fsp3) is 0.812. The maximum atomic E-state index is 4.81. The van der Waals surface area contributed by atoms with Crippen LogP contribution in [0.5, 0.6) is 0 Å². The Morgan fingerprint density at radius 1 is 1.10 bits per heavy atom. The molecule has 1 aromatic rings. The molecule has 1 saturated carbocycles. The van der Waals surface area contributed by atoms with Crippen LogP contribution in [0.2, 0.25) is 0 Å². The average molecular weight is 293 g/mol. The molecule has 0 bridgehead atoms. The first-order valence-corrected chi connectivity index (χ1v) is 9.17. The molecule has 112 valence electrons. The zero-order chi connectivity index (χ0) is 13.6. The fourth-order valence-corrected chi connectivity index (χ4v) is 4.20. The van der Waals surface area contributed by atoms with E-state index in [9.17, 15) is 0 Å². The number of hydrogen-bond donors (Lipinski definition) is 1. The molecule has 0 aromatic carbocycles. The summed E-state index contributed by atoms with van der Waals surface area (Å²) < 4.78 is 0. The number of rotatable bonds is 5. The van der Waals surface area contributed by atoms with Crippen molar-refractivity contribution >= 4 is 11.3 Å². The molecule has 3 nitrogen and oxygen atoms in total. The molecule has 1 aliphatic heterocycles. The molecule has 3 rings (SSSR count). The van der Waals surface area contributed by atoms with Crippen LogP contribution in [0, 0.1) is 0 Å². The molecular formula is C16H27N3S. The molecule has 1 aliphatic carbocycles. The topological polar surface area (TPSA) is 28.2 Å². The van der Waals surface area contributed by atoms with Gasteiger partial charge in [0.2, 0.25) is 0 Å². The Bertz CT molecular complexity index is 390. The van der Waals surface area contributed by atoms with Crippen LogP contribution in [0.3, 0.4) is 0 Å². The number of nitrogens with zero attached hydrogens (tertiary/aromatic N) is 2. The number of likely N-dealkylation sites (tertiary alicyclic amines) is 1. The van der Waals surface area contributed by atoms with Crippen molar-refractivity contribution in [3.05, 3.63) is 16.1 Å². The van der Waals surface area contributed by atoms with E-state index in [1.807, 2.05) is 11.3 Å². The Morgan fingerprint density at radius 3 is 2.60 bits per heavy atom. The van der Waals surface area contributed by atoms with Gasteiger partial charge in [0.25, 0.3) is 0 Å². The lowest BCUT2D eigenvalue weighted by molar-refractivity contribution is 0.276. The lowest BCUT2D eigenvalue weighted by atomic mass is 10.2. The van der Waals surface area contributed by atoms with Crippen LogP contribution in [-0.2, 0) is 13.1 Å². The van der Waals surface area contributed by atoms with Crippen molar-refractivity contribution in [3.63, 3.8) is 0 Å². The summed E-state index contributed by atoms with van der Waals surface area (Å²) in [7, 11) is 0. The van der Waals surface area contributed by atoms with Gasteiger partial charge in [-0.2, -0.15) is 0 Å². The van der Waals surface area contributed by atoms with Gasteiger partial charge in [-0.15, -0.1) is 11.3 Å². The van der Waals surface area contributed by atoms with Crippen LogP contribution in [-0.4, -0.2) is 29.0 Å². The first kappa shape index (κ1) is 14.5. The lowest BCUT2D eigenvalue weighted by Crippen LogP contribution is -2.25. The highest BCUT2D eigenvalue weighted by atomic mass is 32.1. The maximum absolute atomic E-state index is 4.81. The van der Waals surface area contributed by atoms with E-state index in [-0.39, 0.29) is 0 Å². The third kappa shape index (κ3) is 4.27. The van der Waals surface area contributed by atoms with Gasteiger partial charge in [0.1, 0.15) is 5.01 Å². The quantitative estimate of drug-likeness (QED) is 0.900. The number of thiazole rings is 1. The van der Waals surface area contributed by atoms with E-state index in [0.29, 0.717) is 0 Å². The summed E-state index contributed by atoms with van der Waals surface area (Å²) >= 11 is 1.84. The molecule has 2 heterocycles. The van der Waals surface area contributed by atoms with Crippen molar-refractivity contribution in [1.29, 1.82) is 0 Å². The fourth-order valence-electron chi connectivity index (χ4n) is 3.37. The monoisotopic (exact) mass is 293 g/mol. The number of aromatic nitrogens is 1. The SMILES string of the molecule is c1sc(CN2CCCCCC2)nc1CNC1CCCC1. The molecule has 1 aromatic heterocycles. The van der Waals surface area contributed by atoms with Gasteiger partial charge in [-0.1, -0.05) is 25.7 Å². The highest BCUT2D eigenvalue weighted by Gasteiger charge is 2.15. The van der Waals surface area contributed by atoms with E-state index in [1.165, 1.54) is 75.2 Å². The molecule has 0 radical (unpaired) electrons. The molecule has 20 heavy (non-hydrogen) atoms. The highest BCUT2D eigenvalue weighted by molar-refractivity contribution is 7.09. The van der Waals surface area contributed by atoms with Crippen LogP contribution < -0.4 is 5.32 Å². The van der Waals surface area contributed by atoms with Gasteiger partial charge in [0, 0.05) is 18.0 Å². The lowest BCUT2D eigenvalue weighted by Gasteiger charge is -2.17. The Hall–Kier alpha value is -0.450. The largest absolute Gasteiger partial charge is 0.308 e. The second-order valence-electron chi connectivity index (χ2n) is 6.29. The third-order valence-corrected chi connectivity index (χ3v) is 5.47. The summed E-state index contributed by atoms with van der Waals surface area (Å²) in [6.45, 7) is 4.54. The van der Waals surface area contributed by atoms with Crippen LogP contribution >= 0.6 is 11.3 Å². The summed E-state index contributed by atoms with van der Waals surface area (Å²) in [5, 5.41) is 7.20. The van der Waals surface area contributed by atoms with Gasteiger partial charge in [-0.05, 0) is 38.8 Å². The van der Waals surface area contributed by atoms with Gasteiger partial charge >= 0.3 is 0 Å². The molecule has 4 heteroatoms. The molecule has 0 spiro atoms. The Labute approximate surface area is 126 Å². The Kier molecular flexibility index (Phi) is 5.45. The minimum absolute atomic E-state index is 0.741. The van der Waals surface area contributed by atoms with Crippen molar-refractivity contribution in [1.82, 2.24) is 15.2 Å². The molecule has 0 unspecified atom stereocenters. The normalized spacial score (nSPS) is 22.2. The average Bonchev–Trinajstić information content (AvgIpc) is 3.05. The minimum atomic E-state index is 0.741. The molecule has 2 fully saturated rings. The molecule has 2 aliphatic rings. The second kappa shape index (κ2) is 7.53. The molecular weight excluding hydrogens is 266 g/mol. The van der Waals surface area contributed by atoms with Crippen molar-refractivity contribution in [2.24, 2.45) is 0 Å². The summed E-state index contributed by atoms with van der Waals surface area (Å²) in [5.74, 6) is 0. The van der Waals surface area contributed by atoms with E-state index < -0.39 is 0 Å². The van der Waals surface area contributed by atoms with Gasteiger partial charge in [-0.3, -0.25) is 4.90 Å². The van der Waals surface area contributed by atoms with Crippen LogP contribution in [0.15, 0.2) is 5.38 Å². The Balaban J connectivity index is 1.45. The predicted octanol–water partition coefficient (Wildman–Crippen LogP) is 3.55. The van der Waals surface area contributed by atoms with E-state index in [2.05, 4.69) is 15.6 Å². The van der Waals surface area contributed by atoms with E-state index in [1.54, 1.807) is 0 Å². The number of nitrogens with one attached hydrogen (secondary N) is 1. The minimum Gasteiger partial charge on any atom is -0.308 e. The molecule has 1 saturated heterocycles. The zero-order valence-corrected chi connectivity index (χ0v) is 13.3. The van der Waals surface area contributed by atoms with Crippen LogP contribution in [0.4, 0.5) is 0 Å². The highest BCUT2D eigenvalue weighted by Crippen LogP contribution is 2.19. The summed E-state index contributed by atoms with van der Waals surface area (Å²) in [4.78, 5) is 7.39. The molecule has 1 N–H and O–H groups in total. The van der Waals surface area contributed by atoms with Crippen molar-refractivity contribution in [2.45, 2.75) is 70.5 Å². The van der Waals surface area contributed by atoms with Crippen LogP contribution in [0.25, 0.3) is 0 Å². The van der Waals surface area contributed by atoms with Gasteiger partial charge in [-0.25, -0.2) is 4.98 Å². The van der Waals surface area contributed by atoms with Crippen LogP contribution in [0.1, 0.15) is 62.1 Å². The summed E-state index contributed by atoms with van der Waals surface area (Å²) in [6.07, 6.45) is 11.0. The van der Waals surface area contributed by atoms with Crippen molar-refractivity contribution in [3.8, 4) is 0 Å². The number of hydrogen-bond acceptors (Lipinski definition) is 4. The molecule has 0 amide bonds. The van der Waals surface area contributed by atoms with Gasteiger partial charge < -0.3 is 5.32 Å². The van der Waals surface area contributed by atoms with Crippen molar-refractivity contribution in [2.75, 3.05) is 13.1 Å². The first-order valence-electron chi connectivity index (χ1n) is 8.29. The predicted molar refractivity (Wildman–Crippen MR) is 85.0 cm³/mol. The molecule has 0 atom stereocenters. The zero-order valence-electron chi connectivity index (χ0n) is 12.4. The van der Waals surface area contributed by atoms with E-state index in [4.69, 9.17) is 4.98 Å². The van der Waals surface area contributed by atoms with E-state index in [0.717, 1.165) is 19.1 Å². The standard InChI is InChI=1S/C16H27N3S/c1-2-6-10-19(9-5-1)12-16-18-15(13-20-16)11-17-14-7-3-4-8-14/h13-14,17H,1-12H2. The second-order valence-corrected chi connectivity index (χ2v) is 7.23. The third-order valence-electron chi connectivity index (χ3n) is 4.58. The maximum Gasteiger partial charge on any atom is 0.107 e. The summed E-state index contributed by atoms with van der Waals surface area (Å²) in [6, 6.07) is 0.741. The summed E-state index contributed by atoms with van der Waals surface area (Å²) in [5.41, 5.74) is 1.24. The van der Waals surface area contributed by atoms with Gasteiger partial charge in [0.15, 0.2) is 0 Å². The van der Waals surface area contributed by atoms with Crippen molar-refractivity contribution < 1.29 is 0 Å². The Morgan fingerprint density at radius 2 is 1.85 bits per heavy atom. The smallest absolute Gasteiger partial charge is 0.107 e. The van der Waals surface area contributed by atoms with Gasteiger partial charge in [0.05, 0.1) is 12.2 Å². The first-order chi connectivity index (χ1) is 9.90.